The SMILES string of the molecule is C=C1C[C@@H]2C[C@@H]3C[C@@H](O[Si](C)(C)C(C)(C)C)C[C@@H](O3)c3coc(n3)/C=C/C[C@H]3O[C@@H](/C(C)=C/c4coc(C[C@]5(OC)C[C@H](OC)C[C@H]([C@@H](/C=C(C)/C=C/[C@@H](CCC)OC)O[Si](C(C)C)(C(C)C)C(C)C)O5)n4)[C@H](C)[C@@H](OC(=O)/C=C\C[C@@H](C1)O2)[C@H]3C. The van der Waals surface area contributed by atoms with Crippen LogP contribution in [0.2, 0.25) is 34.8 Å². The monoisotopic (exact) mass is 1230 g/mol. The molecule has 0 aromatic carbocycles. The van der Waals surface area contributed by atoms with Crippen LogP contribution in [0.3, 0.4) is 0 Å². The number of oxazole rings is 2. The van der Waals surface area contributed by atoms with Gasteiger partial charge in [-0.3, -0.25) is 0 Å². The van der Waals surface area contributed by atoms with E-state index in [4.69, 9.17) is 65.5 Å². The van der Waals surface area contributed by atoms with Crippen molar-refractivity contribution in [2.45, 2.75) is 288 Å². The number of ether oxygens (including phenoxy) is 8. The van der Waals surface area contributed by atoms with Crippen LogP contribution in [0.1, 0.15) is 197 Å². The van der Waals surface area contributed by atoms with Crippen LogP contribution in [0.4, 0.5) is 0 Å². The molecule has 15 atom stereocenters. The topological polar surface area (TPSA) is 161 Å². The van der Waals surface area contributed by atoms with E-state index in [2.05, 4.69) is 128 Å². The second-order valence-electron chi connectivity index (χ2n) is 28.1. The van der Waals surface area contributed by atoms with Crippen molar-refractivity contribution in [1.29, 1.82) is 0 Å². The molecular weight excluding hydrogens is 1120 g/mol. The predicted molar refractivity (Wildman–Crippen MR) is 344 cm³/mol. The Kier molecular flexibility index (Phi) is 24.8. The molecule has 17 heteroatoms. The van der Waals surface area contributed by atoms with E-state index in [0.29, 0.717) is 72.6 Å². The lowest BCUT2D eigenvalue weighted by Crippen LogP contribution is -2.57. The van der Waals surface area contributed by atoms with Gasteiger partial charge >= 0.3 is 5.97 Å². The van der Waals surface area contributed by atoms with E-state index in [-0.39, 0.29) is 78.2 Å². The van der Waals surface area contributed by atoms with Gasteiger partial charge in [0, 0.05) is 64.9 Å². The quantitative estimate of drug-likeness (QED) is 0.0532. The Morgan fingerprint density at radius 1 is 0.849 bits per heavy atom. The number of methoxy groups -OCH3 is 3. The van der Waals surface area contributed by atoms with E-state index >= 15 is 0 Å². The van der Waals surface area contributed by atoms with Gasteiger partial charge in [-0.2, -0.15) is 0 Å². The molecule has 482 valence electrons. The molecule has 0 amide bonds. The molecule has 15 nitrogen and oxygen atoms in total. The molecule has 5 aliphatic heterocycles. The molecule has 5 aliphatic rings. The van der Waals surface area contributed by atoms with Gasteiger partial charge in [0.25, 0.3) is 0 Å². The van der Waals surface area contributed by atoms with Crippen molar-refractivity contribution in [3.05, 3.63) is 95.4 Å². The van der Waals surface area contributed by atoms with Gasteiger partial charge < -0.3 is 55.6 Å². The van der Waals surface area contributed by atoms with Crippen molar-refractivity contribution in [2.24, 2.45) is 11.8 Å². The fourth-order valence-electron chi connectivity index (χ4n) is 14.1. The Hall–Kier alpha value is -3.60. The van der Waals surface area contributed by atoms with Crippen molar-refractivity contribution < 1.29 is 60.4 Å². The normalized spacial score (nSPS) is 32.1. The molecule has 8 bridgehead atoms. The minimum Gasteiger partial charge on any atom is -0.458 e. The van der Waals surface area contributed by atoms with Gasteiger partial charge in [0.05, 0.1) is 67.5 Å². The number of rotatable bonds is 20. The Labute approximate surface area is 519 Å². The maximum Gasteiger partial charge on any atom is 0.330 e. The Morgan fingerprint density at radius 2 is 1.56 bits per heavy atom. The zero-order valence-corrected chi connectivity index (χ0v) is 58.0. The lowest BCUT2D eigenvalue weighted by Gasteiger charge is -2.49. The summed E-state index contributed by atoms with van der Waals surface area (Å²) in [5.74, 6) is -0.962. The molecule has 2 aromatic rings. The third kappa shape index (κ3) is 17.7. The van der Waals surface area contributed by atoms with E-state index in [9.17, 15) is 4.79 Å². The van der Waals surface area contributed by atoms with Gasteiger partial charge in [-0.1, -0.05) is 138 Å². The molecule has 0 aliphatic carbocycles. The summed E-state index contributed by atoms with van der Waals surface area (Å²) in [6.07, 6.45) is 24.5. The first kappa shape index (κ1) is 69.9. The first-order chi connectivity index (χ1) is 40.6. The number of aromatic nitrogens is 2. The minimum absolute atomic E-state index is 0.000901. The van der Waals surface area contributed by atoms with Crippen molar-refractivity contribution in [3.8, 4) is 0 Å². The average molecular weight is 1230 g/mol. The summed E-state index contributed by atoms with van der Waals surface area (Å²) in [6.45, 7) is 40.3. The fourth-order valence-corrected chi connectivity index (χ4v) is 21.0. The fraction of sp³-hybridized carbons (Fsp3) is 0.725. The van der Waals surface area contributed by atoms with E-state index in [1.807, 2.05) is 31.2 Å². The minimum atomic E-state index is -2.43. The van der Waals surface area contributed by atoms with Crippen LogP contribution in [0, 0.1) is 11.8 Å². The third-order valence-corrected chi connectivity index (χ3v) is 30.2. The molecule has 0 N–H and O–H groups in total. The molecule has 0 saturated carbocycles. The number of nitrogens with zero attached hydrogens (tertiary/aromatic N) is 2. The number of fused-ring (bicyclic) bond motifs is 9. The van der Waals surface area contributed by atoms with Gasteiger partial charge in [0.15, 0.2) is 20.0 Å². The summed E-state index contributed by atoms with van der Waals surface area (Å²) >= 11 is 0. The molecule has 4 saturated heterocycles. The summed E-state index contributed by atoms with van der Waals surface area (Å²) in [5.41, 5.74) is 5.55. The molecule has 2 aromatic heterocycles. The molecule has 4 fully saturated rings. The average Bonchev–Trinajstić information content (AvgIpc) is 3.21. The Balaban J connectivity index is 1.14. The zero-order chi connectivity index (χ0) is 62.9. The highest BCUT2D eigenvalue weighted by Gasteiger charge is 2.52. The van der Waals surface area contributed by atoms with Crippen LogP contribution < -0.4 is 0 Å². The highest BCUT2D eigenvalue weighted by atomic mass is 28.4. The Bertz CT molecular complexity index is 2640. The maximum atomic E-state index is 13.9. The van der Waals surface area contributed by atoms with Crippen LogP contribution >= 0.6 is 0 Å². The largest absolute Gasteiger partial charge is 0.458 e. The summed E-state index contributed by atoms with van der Waals surface area (Å²) in [4.78, 5) is 23.9. The van der Waals surface area contributed by atoms with Crippen molar-refractivity contribution in [1.82, 2.24) is 9.97 Å². The lowest BCUT2D eigenvalue weighted by molar-refractivity contribution is -0.297. The zero-order valence-electron chi connectivity index (χ0n) is 56.0. The van der Waals surface area contributed by atoms with Gasteiger partial charge in [-0.15, -0.1) is 0 Å². The van der Waals surface area contributed by atoms with E-state index in [1.165, 1.54) is 0 Å². The van der Waals surface area contributed by atoms with Crippen LogP contribution in [0.25, 0.3) is 12.2 Å². The van der Waals surface area contributed by atoms with Crippen molar-refractivity contribution in [3.63, 3.8) is 0 Å². The smallest absolute Gasteiger partial charge is 0.330 e. The molecule has 0 unspecified atom stereocenters. The van der Waals surface area contributed by atoms with Gasteiger partial charge in [-0.05, 0) is 105 Å². The molecular formula is C69H110N2O13Si2. The number of esters is 1. The summed E-state index contributed by atoms with van der Waals surface area (Å²) < 4.78 is 79.9. The molecule has 7 heterocycles. The van der Waals surface area contributed by atoms with Gasteiger partial charge in [-0.25, -0.2) is 14.8 Å². The van der Waals surface area contributed by atoms with Gasteiger partial charge in [0.2, 0.25) is 14.2 Å². The number of hydrogen-bond acceptors (Lipinski definition) is 15. The number of hydrogen-bond donors (Lipinski definition) is 0. The van der Waals surface area contributed by atoms with E-state index < -0.39 is 46.7 Å². The lowest BCUT2D eigenvalue weighted by atomic mass is 9.79. The first-order valence-corrected chi connectivity index (χ1v) is 37.4. The molecule has 86 heavy (non-hydrogen) atoms. The van der Waals surface area contributed by atoms with E-state index in [1.54, 1.807) is 39.9 Å². The van der Waals surface area contributed by atoms with Crippen LogP contribution in [-0.4, -0.2) is 127 Å². The molecule has 7 rings (SSSR count). The van der Waals surface area contributed by atoms with Crippen LogP contribution in [0.15, 0.2) is 81.1 Å². The van der Waals surface area contributed by atoms with Crippen molar-refractivity contribution >= 4 is 34.8 Å². The highest BCUT2D eigenvalue weighted by molar-refractivity contribution is 6.77. The number of carbonyl (C=O) groups is 1. The second-order valence-corrected chi connectivity index (χ2v) is 38.3. The van der Waals surface area contributed by atoms with Crippen molar-refractivity contribution in [2.75, 3.05) is 21.3 Å². The summed E-state index contributed by atoms with van der Waals surface area (Å²) in [5, 5.41) is 0.0553. The summed E-state index contributed by atoms with van der Waals surface area (Å²) in [6, 6.07) is 0. The molecule has 0 radical (unpaired) electrons. The first-order valence-electron chi connectivity index (χ1n) is 32.4. The third-order valence-electron chi connectivity index (χ3n) is 19.6. The Morgan fingerprint density at radius 3 is 2.22 bits per heavy atom. The summed E-state index contributed by atoms with van der Waals surface area (Å²) in [7, 11) is 0.673. The van der Waals surface area contributed by atoms with Crippen LogP contribution in [0.5, 0.6) is 0 Å². The van der Waals surface area contributed by atoms with E-state index in [0.717, 1.165) is 54.5 Å². The predicted octanol–water partition coefficient (Wildman–Crippen LogP) is 16.1. The van der Waals surface area contributed by atoms with Crippen LogP contribution in [-0.2, 0) is 58.0 Å². The molecule has 0 spiro atoms. The number of allylic oxidation sites excluding steroid dienone is 2. The highest BCUT2D eigenvalue weighted by Crippen LogP contribution is 2.47. The van der Waals surface area contributed by atoms with Gasteiger partial charge in [0.1, 0.15) is 36.1 Å². The standard InChI is InChI=1S/C69H110N2O13Si2/c1-21-24-52(73-16)30-29-46(8)33-62(84-86(43(2)3,44(4)5)45(6)7)61-38-57(74-17)39-69(75-18,82-61)40-64-70-51(41-76-64)34-48(10)66-50(12)67-49(11)59(80-66)26-23-27-63-71-58(42-77-63)60-37-56(83-85(19,20)68(13,14)15)36-55(79-60)35-54-32-47(9)31-53(78-54)25-22-28-65(72)81-67/h22-23,27-30,33-34,41-45,49-50,52-57,59-62,66-67H,9,21,24-26,31-32,35-40H2,1-8,10-20H3/b27-23+,28-22-,30-29+,46-33+,48-34+/t49-,50-,52+,53-,54+,55+,56+,57+,59+,60+,61+,62+,66-,67-,69-/m0/s1. The second kappa shape index (κ2) is 30.5. The number of carbonyl (C=O) groups excluding carboxylic acids is 1. The maximum absolute atomic E-state index is 13.9.